The highest BCUT2D eigenvalue weighted by Crippen LogP contribution is 2.27. The Morgan fingerprint density at radius 2 is 1.95 bits per heavy atom. The van der Waals surface area contributed by atoms with Gasteiger partial charge in [0.05, 0.1) is 0 Å². The van der Waals surface area contributed by atoms with Crippen LogP contribution in [-0.4, -0.2) is 49.7 Å². The van der Waals surface area contributed by atoms with E-state index in [-0.39, 0.29) is 12.5 Å². The Kier molecular flexibility index (Phi) is 6.30. The maximum absolute atomic E-state index is 11.8. The molecule has 0 radical (unpaired) electrons. The monoisotopic (exact) mass is 282 g/mol. The largest absolute Gasteiger partial charge is 0.375 e. The molecule has 0 aromatic rings. The van der Waals surface area contributed by atoms with E-state index in [1.807, 2.05) is 4.90 Å². The van der Waals surface area contributed by atoms with Crippen molar-refractivity contribution in [2.75, 3.05) is 26.8 Å². The molecule has 1 amide bonds. The summed E-state index contributed by atoms with van der Waals surface area (Å²) in [7, 11) is 1.58. The lowest BCUT2D eigenvalue weighted by Gasteiger charge is -2.37. The average Bonchev–Trinajstić information content (AvgIpc) is 2.48. The minimum absolute atomic E-state index is 0.134. The molecule has 2 atom stereocenters. The number of ether oxygens (including phenoxy) is 1. The molecule has 2 fully saturated rings. The van der Waals surface area contributed by atoms with E-state index in [9.17, 15) is 4.79 Å². The fourth-order valence-electron chi connectivity index (χ4n) is 3.66. The average molecular weight is 282 g/mol. The van der Waals surface area contributed by atoms with Crippen LogP contribution < -0.4 is 5.32 Å². The lowest BCUT2D eigenvalue weighted by molar-refractivity contribution is -0.136. The number of piperidine rings is 1. The van der Waals surface area contributed by atoms with E-state index < -0.39 is 0 Å². The topological polar surface area (TPSA) is 41.6 Å². The Morgan fingerprint density at radius 1 is 1.20 bits per heavy atom. The lowest BCUT2D eigenvalue weighted by Crippen LogP contribution is -2.49. The predicted octanol–water partition coefficient (Wildman–Crippen LogP) is 2.18. The number of hydrogen-bond donors (Lipinski definition) is 1. The molecule has 1 saturated heterocycles. The van der Waals surface area contributed by atoms with Crippen LogP contribution in [0.25, 0.3) is 0 Å². The second-order valence-electron chi connectivity index (χ2n) is 6.39. The third-order valence-electron chi connectivity index (χ3n) is 4.95. The molecule has 1 aliphatic heterocycles. The Labute approximate surface area is 123 Å². The van der Waals surface area contributed by atoms with Crippen molar-refractivity contribution in [3.8, 4) is 0 Å². The van der Waals surface area contributed by atoms with Crippen molar-refractivity contribution >= 4 is 5.91 Å². The van der Waals surface area contributed by atoms with Crippen molar-refractivity contribution < 1.29 is 9.53 Å². The molecule has 2 unspecified atom stereocenters. The normalized spacial score (nSPS) is 28.6. The van der Waals surface area contributed by atoms with Crippen molar-refractivity contribution in [2.24, 2.45) is 5.92 Å². The number of nitrogens with one attached hydrogen (secondary N) is 1. The van der Waals surface area contributed by atoms with Gasteiger partial charge in [0.25, 0.3) is 0 Å². The number of nitrogens with zero attached hydrogens (tertiary/aromatic N) is 1. The molecule has 4 heteroatoms. The molecule has 1 heterocycles. The summed E-state index contributed by atoms with van der Waals surface area (Å²) in [5.41, 5.74) is 0. The Morgan fingerprint density at radius 3 is 2.60 bits per heavy atom. The summed E-state index contributed by atoms with van der Waals surface area (Å²) in [6.45, 7) is 4.29. The second kappa shape index (κ2) is 7.99. The van der Waals surface area contributed by atoms with Gasteiger partial charge in [-0.15, -0.1) is 0 Å². The van der Waals surface area contributed by atoms with Gasteiger partial charge < -0.3 is 15.0 Å². The quantitative estimate of drug-likeness (QED) is 0.840. The van der Waals surface area contributed by atoms with Gasteiger partial charge in [0.1, 0.15) is 6.61 Å². The summed E-state index contributed by atoms with van der Waals surface area (Å²) in [6.07, 6.45) is 8.96. The minimum Gasteiger partial charge on any atom is -0.375 e. The van der Waals surface area contributed by atoms with Crippen LogP contribution in [0.15, 0.2) is 0 Å². The summed E-state index contributed by atoms with van der Waals surface area (Å²) in [5, 5.41) is 3.84. The molecule has 2 aliphatic rings. The highest BCUT2D eigenvalue weighted by molar-refractivity contribution is 5.77. The first-order valence-electron chi connectivity index (χ1n) is 8.25. The number of rotatable bonds is 5. The van der Waals surface area contributed by atoms with Crippen LogP contribution in [0.2, 0.25) is 0 Å². The molecule has 2 rings (SSSR count). The van der Waals surface area contributed by atoms with Crippen molar-refractivity contribution in [3.05, 3.63) is 0 Å². The maximum atomic E-state index is 11.8. The summed E-state index contributed by atoms with van der Waals surface area (Å²) in [5.74, 6) is 1.05. The summed E-state index contributed by atoms with van der Waals surface area (Å²) >= 11 is 0. The molecule has 116 valence electrons. The molecular weight excluding hydrogens is 252 g/mol. The third-order valence-corrected chi connectivity index (χ3v) is 4.95. The van der Waals surface area contributed by atoms with E-state index in [0.717, 1.165) is 31.8 Å². The van der Waals surface area contributed by atoms with Gasteiger partial charge in [-0.1, -0.05) is 26.2 Å². The molecule has 1 N–H and O–H groups in total. The molecule has 1 aliphatic carbocycles. The fourth-order valence-corrected chi connectivity index (χ4v) is 3.66. The third kappa shape index (κ3) is 4.45. The number of methoxy groups -OCH3 is 1. The lowest BCUT2D eigenvalue weighted by atomic mass is 9.83. The van der Waals surface area contributed by atoms with E-state index in [0.29, 0.717) is 12.1 Å². The predicted molar refractivity (Wildman–Crippen MR) is 80.7 cm³/mol. The van der Waals surface area contributed by atoms with Gasteiger partial charge in [-0.2, -0.15) is 0 Å². The SMILES string of the molecule is CCC1CCCC(NC2CCN(C(=O)COC)CC2)C1. The fraction of sp³-hybridized carbons (Fsp3) is 0.938. The smallest absolute Gasteiger partial charge is 0.248 e. The highest BCUT2D eigenvalue weighted by atomic mass is 16.5. The second-order valence-corrected chi connectivity index (χ2v) is 6.39. The zero-order valence-corrected chi connectivity index (χ0v) is 13.1. The van der Waals surface area contributed by atoms with Crippen LogP contribution in [0.3, 0.4) is 0 Å². The van der Waals surface area contributed by atoms with Gasteiger partial charge in [0, 0.05) is 32.3 Å². The van der Waals surface area contributed by atoms with Crippen LogP contribution in [0.1, 0.15) is 51.9 Å². The Bertz CT molecular complexity index is 301. The van der Waals surface area contributed by atoms with Gasteiger partial charge in [-0.25, -0.2) is 0 Å². The van der Waals surface area contributed by atoms with Crippen molar-refractivity contribution in [1.82, 2.24) is 10.2 Å². The summed E-state index contributed by atoms with van der Waals surface area (Å²) in [4.78, 5) is 13.7. The van der Waals surface area contributed by atoms with E-state index in [1.54, 1.807) is 7.11 Å². The van der Waals surface area contributed by atoms with Crippen LogP contribution in [0.4, 0.5) is 0 Å². The van der Waals surface area contributed by atoms with Gasteiger partial charge in [0.2, 0.25) is 5.91 Å². The Hall–Kier alpha value is -0.610. The van der Waals surface area contributed by atoms with Crippen molar-refractivity contribution in [1.29, 1.82) is 0 Å². The van der Waals surface area contributed by atoms with Gasteiger partial charge in [0.15, 0.2) is 0 Å². The highest BCUT2D eigenvalue weighted by Gasteiger charge is 2.26. The summed E-state index contributed by atoms with van der Waals surface area (Å²) in [6, 6.07) is 1.31. The molecule has 0 aromatic heterocycles. The van der Waals surface area contributed by atoms with Crippen LogP contribution >= 0.6 is 0 Å². The number of hydrogen-bond acceptors (Lipinski definition) is 3. The molecule has 4 nitrogen and oxygen atoms in total. The number of carbonyl (C=O) groups excluding carboxylic acids is 1. The van der Waals surface area contributed by atoms with Crippen LogP contribution in [0.5, 0.6) is 0 Å². The van der Waals surface area contributed by atoms with E-state index >= 15 is 0 Å². The van der Waals surface area contributed by atoms with Gasteiger partial charge >= 0.3 is 0 Å². The van der Waals surface area contributed by atoms with Gasteiger partial charge in [-0.3, -0.25) is 4.79 Å². The Balaban J connectivity index is 1.70. The molecular formula is C16H30N2O2. The van der Waals surface area contributed by atoms with E-state index in [2.05, 4.69) is 12.2 Å². The standard InChI is InChI=1S/C16H30N2O2/c1-3-13-5-4-6-15(11-13)17-14-7-9-18(10-8-14)16(19)12-20-2/h13-15,17H,3-12H2,1-2H3. The van der Waals surface area contributed by atoms with E-state index in [1.165, 1.54) is 32.1 Å². The minimum atomic E-state index is 0.134. The molecule has 0 aromatic carbocycles. The maximum Gasteiger partial charge on any atom is 0.248 e. The van der Waals surface area contributed by atoms with Gasteiger partial charge in [-0.05, 0) is 31.6 Å². The number of carbonyl (C=O) groups is 1. The van der Waals surface area contributed by atoms with Crippen LogP contribution in [0, 0.1) is 5.92 Å². The molecule has 0 spiro atoms. The first kappa shape index (κ1) is 15.8. The first-order valence-corrected chi connectivity index (χ1v) is 8.25. The first-order chi connectivity index (χ1) is 9.72. The van der Waals surface area contributed by atoms with E-state index in [4.69, 9.17) is 4.74 Å². The number of likely N-dealkylation sites (tertiary alicyclic amines) is 1. The molecule has 20 heavy (non-hydrogen) atoms. The molecule has 0 bridgehead atoms. The molecule has 1 saturated carbocycles. The zero-order chi connectivity index (χ0) is 14.4. The summed E-state index contributed by atoms with van der Waals surface area (Å²) < 4.78 is 4.92. The number of amides is 1. The van der Waals surface area contributed by atoms with Crippen molar-refractivity contribution in [2.45, 2.75) is 64.0 Å². The van der Waals surface area contributed by atoms with Crippen molar-refractivity contribution in [3.63, 3.8) is 0 Å². The zero-order valence-electron chi connectivity index (χ0n) is 13.1. The van der Waals surface area contributed by atoms with Crippen LogP contribution in [-0.2, 0) is 9.53 Å².